The molecule has 0 aromatic carbocycles. The Balaban J connectivity index is 1.14. The van der Waals surface area contributed by atoms with Crippen LogP contribution in [-0.2, 0) is 80.6 Å². The Morgan fingerprint density at radius 2 is 0.638 bits per heavy atom. The number of carbonyl (C=O) groups excluding carboxylic acids is 2. The smallest absolute Gasteiger partial charge is 0.217 e. The summed E-state index contributed by atoms with van der Waals surface area (Å²) in [6.45, 7) is -4.17. The van der Waals surface area contributed by atoms with Crippen molar-refractivity contribution >= 4 is 11.8 Å². The average molecular weight is 1380 g/mol. The van der Waals surface area contributed by atoms with Crippen LogP contribution in [0.5, 0.6) is 0 Å². The van der Waals surface area contributed by atoms with Crippen LogP contribution in [0.1, 0.15) is 20.8 Å². The summed E-state index contributed by atoms with van der Waals surface area (Å²) in [6.07, 6.45) is -77.3. The highest BCUT2D eigenvalue weighted by Gasteiger charge is 2.60. The summed E-state index contributed by atoms with van der Waals surface area (Å²) in [5.41, 5.74) is 0. The minimum Gasteiger partial charge on any atom is -0.394 e. The van der Waals surface area contributed by atoms with Gasteiger partial charge >= 0.3 is 0 Å². The number of carbonyl (C=O) groups is 2. The van der Waals surface area contributed by atoms with E-state index in [4.69, 9.17) is 71.1 Å². The molecule has 8 rings (SSSR count). The Morgan fingerprint density at radius 3 is 1.14 bits per heavy atom. The van der Waals surface area contributed by atoms with Crippen LogP contribution in [0.25, 0.3) is 0 Å². The Labute approximate surface area is 532 Å². The van der Waals surface area contributed by atoms with Crippen LogP contribution in [0.15, 0.2) is 0 Å². The lowest BCUT2D eigenvalue weighted by Gasteiger charge is -2.51. The third-order valence-electron chi connectivity index (χ3n) is 17.4. The molecule has 8 aliphatic heterocycles. The lowest BCUT2D eigenvalue weighted by molar-refractivity contribution is -0.409. The summed E-state index contributed by atoms with van der Waals surface area (Å²) in [6, 6.07) is -3.43. The predicted molar refractivity (Wildman–Crippen MR) is 286 cm³/mol. The average Bonchev–Trinajstić information content (AvgIpc) is 0.777. The third kappa shape index (κ3) is 16.4. The van der Waals surface area contributed by atoms with Gasteiger partial charge in [-0.1, -0.05) is 0 Å². The van der Waals surface area contributed by atoms with Gasteiger partial charge in [0, 0.05) is 13.8 Å². The minimum atomic E-state index is -2.51. The second kappa shape index (κ2) is 33.3. The zero-order valence-corrected chi connectivity index (χ0v) is 50.3. The maximum Gasteiger partial charge on any atom is 0.217 e. The van der Waals surface area contributed by atoms with Gasteiger partial charge in [-0.2, -0.15) is 0 Å². The molecule has 8 heterocycles. The van der Waals surface area contributed by atoms with E-state index in [1.807, 2.05) is 0 Å². The van der Waals surface area contributed by atoms with Crippen molar-refractivity contribution in [1.82, 2.24) is 10.6 Å². The van der Waals surface area contributed by atoms with E-state index in [2.05, 4.69) is 10.6 Å². The lowest BCUT2D eigenvalue weighted by atomic mass is 9.94. The molecule has 8 aliphatic rings. The Kier molecular flexibility index (Phi) is 27.3. The Bertz CT molecular complexity index is 2370. The third-order valence-corrected chi connectivity index (χ3v) is 17.4. The molecule has 8 fully saturated rings. The predicted octanol–water partition coefficient (Wildman–Crippen LogP) is -17.1. The number of amides is 2. The zero-order valence-electron chi connectivity index (χ0n) is 50.3. The maximum absolute atomic E-state index is 12.5. The van der Waals surface area contributed by atoms with Gasteiger partial charge in [0.25, 0.3) is 0 Å². The number of ether oxygens (including phenoxy) is 15. The fraction of sp³-hybridized carbons (Fsp3) is 0.962. The molecule has 94 heavy (non-hydrogen) atoms. The molecular weight excluding hydrogens is 1290 g/mol. The highest BCUT2D eigenvalue weighted by atomic mass is 16.8. The quantitative estimate of drug-likeness (QED) is 0.0452. The number of rotatable bonds is 23. The van der Waals surface area contributed by atoms with Crippen LogP contribution < -0.4 is 10.6 Å². The van der Waals surface area contributed by atoms with Crippen LogP contribution in [0, 0.1) is 0 Å². The molecule has 0 aliphatic carbocycles. The number of aliphatic hydroxyl groups is 23. The molecular formula is C52H88N2O40. The minimum absolute atomic E-state index is 0.799. The molecule has 2 amide bonds. The van der Waals surface area contributed by atoms with Gasteiger partial charge in [-0.3, -0.25) is 9.59 Å². The van der Waals surface area contributed by atoms with Crippen LogP contribution in [0.3, 0.4) is 0 Å². The molecule has 25 N–H and O–H groups in total. The van der Waals surface area contributed by atoms with E-state index in [1.54, 1.807) is 0 Å². The maximum atomic E-state index is 12.5. The standard InChI is InChI=1S/C52H88N2O40/c1-11-23(63)31(71)35(75)49(81-11)94-44-43(93-47-22(54-13(3)62)30(70)25(65)15(5-56)84-47)27(67)17(7-58)86-52(44)92-42-28(68)20(10-80-48-37(77)41(26(66)16(6-57)85-48)91-46-21(53-12(2)61)29(69)24(64)14(4-55)83-46)88-51(38(42)78)90-40-19(9-60)87-50(36(76)33(40)73)89-39-18(8-59)82-45(79)34(74)32(39)72/h11,14-52,55-60,63-79H,4-10H2,1-3H3,(H,53,61)(H,54,62)/t11-,14+,15+,16+,17+,18+,19+,20+,21+,22+,23+,24+,25-,26-,27-,28-,29+,30+,31+,32+,33+,34+,35-,36+,37+,38+,39+,40-,41-,42-,43-,44+,45+,46+,47+,48+,49-,50-,51-,52-/m0/s1. The normalized spacial score (nSPS) is 51.2. The molecule has 0 bridgehead atoms. The van der Waals surface area contributed by atoms with Crippen LogP contribution in [-0.4, -0.2) is 421 Å². The van der Waals surface area contributed by atoms with Crippen molar-refractivity contribution in [3.63, 3.8) is 0 Å². The SMILES string of the molecule is CC(=O)N[C@H]1[C@@H](O[C@H]2[C@@H](O)[C@@H](CO)O[C@@H](O[C@H]3[C@@H](O)[C@@H](CO[C@@H]4O[C@H](CO)[C@H](O)[C@H](O[C@H]5O[C@H](CO)[C@@H](O)[C@H](O)[C@H]5NC(C)=O)[C@H]4O)O[C@@H](O[C@@H]4[C@H](O)[C@@H](O)[C@H](O[C@H]5[C@H](O)[C@@H](O)[C@H](O)O[C@@H]5CO)O[C@@H]4CO)[C@@H]3O)[C@@H]2O[C@@H]2O[C@@H](C)[C@@H](O)[C@@H](O)[C@@H]2O)O[C@H](CO)[C@H](O)[C@@H]1O. The van der Waals surface area contributed by atoms with Gasteiger partial charge in [-0.25, -0.2) is 0 Å². The molecule has 0 radical (unpaired) electrons. The molecule has 0 saturated carbocycles. The molecule has 546 valence electrons. The van der Waals surface area contributed by atoms with Gasteiger partial charge in [-0.15, -0.1) is 0 Å². The number of hydrogen-bond acceptors (Lipinski definition) is 40. The number of nitrogens with one attached hydrogen (secondary N) is 2. The van der Waals surface area contributed by atoms with Crippen molar-refractivity contribution in [2.75, 3.05) is 46.2 Å². The van der Waals surface area contributed by atoms with Gasteiger partial charge in [0.05, 0.1) is 52.4 Å². The van der Waals surface area contributed by atoms with E-state index in [9.17, 15) is 127 Å². The molecule has 0 aromatic heterocycles. The summed E-state index contributed by atoms with van der Waals surface area (Å²) in [7, 11) is 0. The van der Waals surface area contributed by atoms with Crippen molar-refractivity contribution in [3.05, 3.63) is 0 Å². The van der Waals surface area contributed by atoms with E-state index in [1.165, 1.54) is 6.92 Å². The molecule has 0 aromatic rings. The second-order valence-electron chi connectivity index (χ2n) is 23.9. The summed E-state index contributed by atoms with van der Waals surface area (Å²) in [4.78, 5) is 24.7. The van der Waals surface area contributed by atoms with Gasteiger partial charge in [-0.05, 0) is 6.92 Å². The van der Waals surface area contributed by atoms with Gasteiger partial charge < -0.3 is 199 Å². The molecule has 42 nitrogen and oxygen atoms in total. The summed E-state index contributed by atoms with van der Waals surface area (Å²) >= 11 is 0. The van der Waals surface area contributed by atoms with Crippen LogP contribution >= 0.6 is 0 Å². The molecule has 8 saturated heterocycles. The summed E-state index contributed by atoms with van der Waals surface area (Å²) in [5.74, 6) is -1.66. The van der Waals surface area contributed by atoms with E-state index in [-0.39, 0.29) is 0 Å². The fourth-order valence-electron chi connectivity index (χ4n) is 12.1. The van der Waals surface area contributed by atoms with Crippen molar-refractivity contribution in [1.29, 1.82) is 0 Å². The van der Waals surface area contributed by atoms with Gasteiger partial charge in [0.15, 0.2) is 50.3 Å². The first-order valence-corrected chi connectivity index (χ1v) is 30.0. The van der Waals surface area contributed by atoms with Crippen molar-refractivity contribution in [3.8, 4) is 0 Å². The van der Waals surface area contributed by atoms with Crippen molar-refractivity contribution in [2.24, 2.45) is 0 Å². The summed E-state index contributed by atoms with van der Waals surface area (Å²) in [5, 5.41) is 257. The van der Waals surface area contributed by atoms with Gasteiger partial charge in [0.1, 0.15) is 189 Å². The Hall–Kier alpha value is -2.58. The first-order chi connectivity index (χ1) is 44.4. The number of hydrogen-bond donors (Lipinski definition) is 25. The molecule has 0 unspecified atom stereocenters. The topological polar surface area (TPSA) is 662 Å². The van der Waals surface area contributed by atoms with E-state index in [0.29, 0.717) is 0 Å². The van der Waals surface area contributed by atoms with Crippen molar-refractivity contribution < 1.29 is 198 Å². The summed E-state index contributed by atoms with van der Waals surface area (Å²) < 4.78 is 87.6. The first kappa shape index (κ1) is 77.2. The highest BCUT2D eigenvalue weighted by molar-refractivity contribution is 5.73. The largest absolute Gasteiger partial charge is 0.394 e. The molecule has 42 heteroatoms. The van der Waals surface area contributed by atoms with Crippen LogP contribution in [0.4, 0.5) is 0 Å². The monoisotopic (exact) mass is 1380 g/mol. The first-order valence-electron chi connectivity index (χ1n) is 30.0. The van der Waals surface area contributed by atoms with E-state index in [0.717, 1.165) is 13.8 Å². The van der Waals surface area contributed by atoms with Crippen molar-refractivity contribution in [2.45, 2.75) is 266 Å². The molecule has 0 spiro atoms. The number of aliphatic hydroxyl groups excluding tert-OH is 23. The highest BCUT2D eigenvalue weighted by Crippen LogP contribution is 2.39. The Morgan fingerprint density at radius 1 is 0.298 bits per heavy atom. The van der Waals surface area contributed by atoms with E-state index >= 15 is 0 Å². The zero-order chi connectivity index (χ0) is 69.2. The molecule has 40 atom stereocenters. The van der Waals surface area contributed by atoms with E-state index < -0.39 is 304 Å². The van der Waals surface area contributed by atoms with Crippen LogP contribution in [0.2, 0.25) is 0 Å². The second-order valence-corrected chi connectivity index (χ2v) is 23.9. The fourth-order valence-corrected chi connectivity index (χ4v) is 12.1. The lowest BCUT2D eigenvalue weighted by Crippen LogP contribution is -2.70. The van der Waals surface area contributed by atoms with Gasteiger partial charge in [0.2, 0.25) is 11.8 Å².